The van der Waals surface area contributed by atoms with Gasteiger partial charge in [-0.1, -0.05) is 17.7 Å². The largest absolute Gasteiger partial charge is 0.280 e. The van der Waals surface area contributed by atoms with Gasteiger partial charge in [-0.3, -0.25) is 4.72 Å². The van der Waals surface area contributed by atoms with Crippen LogP contribution in [0.25, 0.3) is 0 Å². The normalized spacial score (nSPS) is 12.1. The van der Waals surface area contributed by atoms with Gasteiger partial charge in [-0.15, -0.1) is 0 Å². The molecule has 0 atom stereocenters. The molecule has 0 spiro atoms. The number of aryl methyl sites for hydroxylation is 1. The van der Waals surface area contributed by atoms with Crippen LogP contribution in [0, 0.1) is 6.92 Å². The summed E-state index contributed by atoms with van der Waals surface area (Å²) in [6.45, 7) is 1.80. The molecule has 2 aromatic carbocycles. The van der Waals surface area contributed by atoms with Crippen molar-refractivity contribution in [2.75, 3.05) is 11.8 Å². The number of nitrogens with one attached hydrogen (secondary N) is 2. The van der Waals surface area contributed by atoms with Crippen LogP contribution < -0.4 is 9.44 Å². The molecule has 9 heteroatoms. The summed E-state index contributed by atoms with van der Waals surface area (Å²) in [5, 5.41) is 0.117. The van der Waals surface area contributed by atoms with Gasteiger partial charge in [0.25, 0.3) is 10.0 Å². The Labute approximate surface area is 140 Å². The Bertz CT molecular complexity index is 924. The van der Waals surface area contributed by atoms with E-state index in [0.717, 1.165) is 5.56 Å². The molecule has 0 aliphatic rings. The van der Waals surface area contributed by atoms with E-state index in [0.29, 0.717) is 0 Å². The van der Waals surface area contributed by atoms with Gasteiger partial charge in [-0.05, 0) is 55.9 Å². The Kier molecular flexibility index (Phi) is 5.00. The zero-order chi connectivity index (χ0) is 17.3. The van der Waals surface area contributed by atoms with E-state index in [9.17, 15) is 16.8 Å². The lowest BCUT2D eigenvalue weighted by Gasteiger charge is -2.10. The van der Waals surface area contributed by atoms with E-state index in [4.69, 9.17) is 11.6 Å². The van der Waals surface area contributed by atoms with Crippen molar-refractivity contribution in [3.63, 3.8) is 0 Å². The third-order valence-corrected chi connectivity index (χ3v) is 6.36. The number of hydrogen-bond acceptors (Lipinski definition) is 4. The molecule has 0 heterocycles. The number of halogens is 1. The van der Waals surface area contributed by atoms with Gasteiger partial charge in [0, 0.05) is 5.69 Å². The summed E-state index contributed by atoms with van der Waals surface area (Å²) in [6, 6.07) is 9.95. The fraction of sp³-hybridized carbons (Fsp3) is 0.143. The number of benzene rings is 2. The van der Waals surface area contributed by atoms with Gasteiger partial charge in [0.1, 0.15) is 4.90 Å². The lowest BCUT2D eigenvalue weighted by Crippen LogP contribution is -2.18. The molecular formula is C14H15ClN2O4S2. The second-order valence-corrected chi connectivity index (χ2v) is 8.72. The minimum atomic E-state index is -3.86. The average molecular weight is 375 g/mol. The number of anilines is 1. The number of sulfonamides is 2. The molecular weight excluding hydrogens is 360 g/mol. The Morgan fingerprint density at radius 2 is 1.52 bits per heavy atom. The van der Waals surface area contributed by atoms with Gasteiger partial charge in [-0.25, -0.2) is 21.6 Å². The summed E-state index contributed by atoms with van der Waals surface area (Å²) in [6.07, 6.45) is 0. The molecule has 0 bridgehead atoms. The van der Waals surface area contributed by atoms with E-state index in [1.807, 2.05) is 0 Å². The fourth-order valence-corrected chi connectivity index (χ4v) is 4.24. The first-order valence-corrected chi connectivity index (χ1v) is 9.83. The summed E-state index contributed by atoms with van der Waals surface area (Å²) in [5.41, 5.74) is 1.08. The average Bonchev–Trinajstić information content (AvgIpc) is 2.47. The molecule has 2 N–H and O–H groups in total. The van der Waals surface area contributed by atoms with Gasteiger partial charge < -0.3 is 0 Å². The third kappa shape index (κ3) is 4.03. The van der Waals surface area contributed by atoms with Crippen molar-refractivity contribution < 1.29 is 16.8 Å². The van der Waals surface area contributed by atoms with Crippen LogP contribution in [0.5, 0.6) is 0 Å². The molecule has 0 aliphatic heterocycles. The maximum Gasteiger partial charge on any atom is 0.263 e. The summed E-state index contributed by atoms with van der Waals surface area (Å²) in [7, 11) is -6.14. The molecule has 6 nitrogen and oxygen atoms in total. The molecule has 0 saturated carbocycles. The molecule has 2 aromatic rings. The minimum Gasteiger partial charge on any atom is -0.280 e. The van der Waals surface area contributed by atoms with E-state index in [1.165, 1.54) is 37.4 Å². The molecule has 23 heavy (non-hydrogen) atoms. The standard InChI is InChI=1S/C14H15ClN2O4S2/c1-10-3-8-14(13(15)9-10)23(20,21)17-11-4-6-12(7-5-11)22(18,19)16-2/h3-9,16-17H,1-2H3. The summed E-state index contributed by atoms with van der Waals surface area (Å²) >= 11 is 5.98. The van der Waals surface area contributed by atoms with Crippen LogP contribution >= 0.6 is 11.6 Å². The summed E-state index contributed by atoms with van der Waals surface area (Å²) < 4.78 is 52.5. The van der Waals surface area contributed by atoms with E-state index in [1.54, 1.807) is 19.1 Å². The molecule has 124 valence electrons. The van der Waals surface area contributed by atoms with Gasteiger partial charge >= 0.3 is 0 Å². The Morgan fingerprint density at radius 1 is 0.913 bits per heavy atom. The highest BCUT2D eigenvalue weighted by Crippen LogP contribution is 2.25. The van der Waals surface area contributed by atoms with Crippen LogP contribution in [0.3, 0.4) is 0 Å². The van der Waals surface area contributed by atoms with Crippen LogP contribution in [-0.4, -0.2) is 23.9 Å². The van der Waals surface area contributed by atoms with Crippen molar-refractivity contribution in [2.45, 2.75) is 16.7 Å². The van der Waals surface area contributed by atoms with Crippen LogP contribution in [-0.2, 0) is 20.0 Å². The first-order chi connectivity index (χ1) is 10.7. The second-order valence-electron chi connectivity index (χ2n) is 4.77. The predicted molar refractivity (Wildman–Crippen MR) is 89.7 cm³/mol. The Morgan fingerprint density at radius 3 is 2.04 bits per heavy atom. The molecule has 0 aromatic heterocycles. The van der Waals surface area contributed by atoms with E-state index in [-0.39, 0.29) is 20.5 Å². The smallest absolute Gasteiger partial charge is 0.263 e. The highest BCUT2D eigenvalue weighted by atomic mass is 35.5. The van der Waals surface area contributed by atoms with E-state index >= 15 is 0 Å². The lowest BCUT2D eigenvalue weighted by molar-refractivity contribution is 0.588. The zero-order valence-corrected chi connectivity index (χ0v) is 14.8. The van der Waals surface area contributed by atoms with E-state index < -0.39 is 20.0 Å². The maximum absolute atomic E-state index is 12.3. The van der Waals surface area contributed by atoms with Gasteiger partial charge in [0.05, 0.1) is 9.92 Å². The second kappa shape index (κ2) is 6.48. The Hall–Kier alpha value is -1.61. The van der Waals surface area contributed by atoms with Crippen molar-refractivity contribution in [1.29, 1.82) is 0 Å². The molecule has 0 unspecified atom stereocenters. The van der Waals surface area contributed by atoms with Crippen molar-refractivity contribution in [2.24, 2.45) is 0 Å². The molecule has 0 fully saturated rings. The SMILES string of the molecule is CNS(=O)(=O)c1ccc(NS(=O)(=O)c2ccc(C)cc2Cl)cc1. The predicted octanol–water partition coefficient (Wildman–Crippen LogP) is 2.36. The lowest BCUT2D eigenvalue weighted by atomic mass is 10.2. The zero-order valence-electron chi connectivity index (χ0n) is 12.4. The van der Waals surface area contributed by atoms with Gasteiger partial charge in [0.2, 0.25) is 10.0 Å². The molecule has 0 amide bonds. The molecule has 0 aliphatic carbocycles. The quantitative estimate of drug-likeness (QED) is 0.840. The first kappa shape index (κ1) is 17.7. The van der Waals surface area contributed by atoms with Crippen molar-refractivity contribution in [3.8, 4) is 0 Å². The molecule has 2 rings (SSSR count). The fourth-order valence-electron chi connectivity index (χ4n) is 1.85. The molecule has 0 saturated heterocycles. The van der Waals surface area contributed by atoms with Crippen molar-refractivity contribution in [1.82, 2.24) is 4.72 Å². The topological polar surface area (TPSA) is 92.3 Å². The van der Waals surface area contributed by atoms with Crippen LogP contribution in [0.4, 0.5) is 5.69 Å². The molecule has 0 radical (unpaired) electrons. The summed E-state index contributed by atoms with van der Waals surface area (Å²) in [5.74, 6) is 0. The maximum atomic E-state index is 12.3. The van der Waals surface area contributed by atoms with Crippen molar-refractivity contribution >= 4 is 37.3 Å². The van der Waals surface area contributed by atoms with Crippen molar-refractivity contribution in [3.05, 3.63) is 53.1 Å². The van der Waals surface area contributed by atoms with Crippen LogP contribution in [0.15, 0.2) is 52.3 Å². The van der Waals surface area contributed by atoms with E-state index in [2.05, 4.69) is 9.44 Å². The van der Waals surface area contributed by atoms with Crippen LogP contribution in [0.1, 0.15) is 5.56 Å². The minimum absolute atomic E-state index is 0.0383. The van der Waals surface area contributed by atoms with Gasteiger partial charge in [-0.2, -0.15) is 0 Å². The van der Waals surface area contributed by atoms with Crippen LogP contribution in [0.2, 0.25) is 5.02 Å². The number of rotatable bonds is 5. The first-order valence-electron chi connectivity index (χ1n) is 6.48. The third-order valence-electron chi connectivity index (χ3n) is 3.06. The highest BCUT2D eigenvalue weighted by Gasteiger charge is 2.18. The van der Waals surface area contributed by atoms with Gasteiger partial charge in [0.15, 0.2) is 0 Å². The number of hydrogen-bond donors (Lipinski definition) is 2. The monoisotopic (exact) mass is 374 g/mol. The Balaban J connectivity index is 2.31. The summed E-state index contributed by atoms with van der Waals surface area (Å²) in [4.78, 5) is -0.00648. The highest BCUT2D eigenvalue weighted by molar-refractivity contribution is 7.92.